The fourth-order valence-corrected chi connectivity index (χ4v) is 4.85. The fraction of sp³-hybridized carbons (Fsp3) is 0.355. The lowest BCUT2D eigenvalue weighted by molar-refractivity contribution is -0.419. The molecule has 0 amide bonds. The number of carbonyl (C=O) groups excluding carboxylic acids is 1. The first-order valence-electron chi connectivity index (χ1n) is 12.0. The van der Waals surface area contributed by atoms with Crippen LogP contribution in [0.25, 0.3) is 0 Å². The third kappa shape index (κ3) is 4.44. The quantitative estimate of drug-likeness (QED) is 0.249. The Balaban J connectivity index is 1.91. The second-order valence-electron chi connectivity index (χ2n) is 10.3. The molecule has 0 N–H and O–H groups in total. The molecule has 2 aliphatic heterocycles. The Kier molecular flexibility index (Phi) is 7.16. The monoisotopic (exact) mass is 455 g/mol. The van der Waals surface area contributed by atoms with E-state index in [2.05, 4.69) is 107 Å². The largest absolute Gasteiger partial charge is 0.353 e. The van der Waals surface area contributed by atoms with Gasteiger partial charge >= 0.3 is 0 Å². The standard InChI is InChI=1S/C31H39N2O/c1-10-12-14-16-23-20-32(8)27(30(23,4)5)18-25-22(3)26(29(25)34)19-28-31(6,7)24(21-33(28)9)17-15-13-11-2/h10-21H,1-9H3/q+1/b12-10-,13-11-,16-14-,17-15-. The molecule has 3 nitrogen and oxygen atoms in total. The smallest absolute Gasteiger partial charge is 0.193 e. The van der Waals surface area contributed by atoms with Crippen LogP contribution in [0.1, 0.15) is 48.5 Å². The van der Waals surface area contributed by atoms with Crippen molar-refractivity contribution in [3.05, 3.63) is 107 Å². The number of ketones is 1. The fourth-order valence-electron chi connectivity index (χ4n) is 4.85. The molecular formula is C31H39N2O+. The van der Waals surface area contributed by atoms with Gasteiger partial charge in [0, 0.05) is 47.2 Å². The summed E-state index contributed by atoms with van der Waals surface area (Å²) in [6.45, 7) is 14.9. The molecule has 0 aromatic heterocycles. The minimum Gasteiger partial charge on any atom is -0.353 e. The molecule has 0 radical (unpaired) electrons. The highest BCUT2D eigenvalue weighted by atomic mass is 16.1. The first-order chi connectivity index (χ1) is 16.0. The van der Waals surface area contributed by atoms with Crippen LogP contribution >= 0.6 is 0 Å². The molecule has 1 aliphatic carbocycles. The Hall–Kier alpha value is -3.20. The van der Waals surface area contributed by atoms with E-state index in [0.717, 1.165) is 28.1 Å². The van der Waals surface area contributed by atoms with Crippen LogP contribution in [0.15, 0.2) is 107 Å². The SMILES string of the molecule is C/C=C\C=C/C1=C[N+](C)=C(/C=C2\C(=O)C(/C=C3/N(C)C=C(/C=C\C=C/C)C3(C)C)=C2C)C1(C)C. The summed E-state index contributed by atoms with van der Waals surface area (Å²) in [6.07, 6.45) is 25.0. The zero-order valence-corrected chi connectivity index (χ0v) is 22.2. The lowest BCUT2D eigenvalue weighted by Crippen LogP contribution is -2.29. The maximum atomic E-state index is 13.3. The van der Waals surface area contributed by atoms with E-state index in [-0.39, 0.29) is 16.6 Å². The van der Waals surface area contributed by atoms with Gasteiger partial charge in [-0.1, -0.05) is 62.5 Å². The third-order valence-electron chi connectivity index (χ3n) is 7.17. The Labute approximate surface area is 205 Å². The van der Waals surface area contributed by atoms with E-state index in [1.54, 1.807) is 0 Å². The molecule has 0 aromatic carbocycles. The Bertz CT molecular complexity index is 1200. The summed E-state index contributed by atoms with van der Waals surface area (Å²) in [5.41, 5.74) is 7.10. The Morgan fingerprint density at radius 1 is 0.882 bits per heavy atom. The lowest BCUT2D eigenvalue weighted by Gasteiger charge is -2.29. The van der Waals surface area contributed by atoms with Crippen LogP contribution < -0.4 is 0 Å². The van der Waals surface area contributed by atoms with Gasteiger partial charge in [0.05, 0.1) is 5.41 Å². The molecule has 3 rings (SSSR count). The van der Waals surface area contributed by atoms with Crippen molar-refractivity contribution in [2.24, 2.45) is 10.8 Å². The molecule has 0 fully saturated rings. The van der Waals surface area contributed by atoms with Gasteiger partial charge in [0.2, 0.25) is 0 Å². The normalized spacial score (nSPS) is 24.9. The van der Waals surface area contributed by atoms with Crippen molar-refractivity contribution in [1.29, 1.82) is 0 Å². The number of hydrogen-bond donors (Lipinski definition) is 0. The second-order valence-corrected chi connectivity index (χ2v) is 10.3. The summed E-state index contributed by atoms with van der Waals surface area (Å²) < 4.78 is 2.14. The van der Waals surface area contributed by atoms with Gasteiger partial charge in [0.25, 0.3) is 0 Å². The summed E-state index contributed by atoms with van der Waals surface area (Å²) in [7, 11) is 4.11. The number of rotatable bonds is 6. The highest BCUT2D eigenvalue weighted by Crippen LogP contribution is 2.45. The van der Waals surface area contributed by atoms with Crippen molar-refractivity contribution in [2.45, 2.75) is 48.5 Å². The molecule has 3 heteroatoms. The molecule has 0 atom stereocenters. The first-order valence-corrected chi connectivity index (χ1v) is 12.0. The number of carbonyl (C=O) groups is 1. The number of hydrogen-bond acceptors (Lipinski definition) is 2. The predicted octanol–water partition coefficient (Wildman–Crippen LogP) is 6.82. The van der Waals surface area contributed by atoms with Gasteiger partial charge in [-0.3, -0.25) is 4.79 Å². The van der Waals surface area contributed by atoms with Crippen molar-refractivity contribution in [2.75, 3.05) is 14.1 Å². The Morgan fingerprint density at radius 3 is 2.03 bits per heavy atom. The van der Waals surface area contributed by atoms with Gasteiger partial charge in [-0.05, 0) is 51.8 Å². The van der Waals surface area contributed by atoms with Crippen LogP contribution in [-0.4, -0.2) is 35.1 Å². The third-order valence-corrected chi connectivity index (χ3v) is 7.17. The minimum atomic E-state index is -0.166. The number of Topliss-reactive ketones (excluding diaryl/α,β-unsaturated/α-hetero) is 1. The van der Waals surface area contributed by atoms with E-state index in [9.17, 15) is 4.79 Å². The van der Waals surface area contributed by atoms with Crippen LogP contribution in [0.4, 0.5) is 0 Å². The van der Waals surface area contributed by atoms with Gasteiger partial charge in [0.15, 0.2) is 17.7 Å². The Morgan fingerprint density at radius 2 is 1.47 bits per heavy atom. The highest BCUT2D eigenvalue weighted by molar-refractivity contribution is 6.24. The first kappa shape index (κ1) is 25.4. The van der Waals surface area contributed by atoms with Gasteiger partial charge < -0.3 is 4.90 Å². The van der Waals surface area contributed by atoms with Gasteiger partial charge in [0.1, 0.15) is 7.05 Å². The van der Waals surface area contributed by atoms with E-state index >= 15 is 0 Å². The highest BCUT2D eigenvalue weighted by Gasteiger charge is 2.42. The molecule has 3 aliphatic rings. The molecular weight excluding hydrogens is 416 g/mol. The average molecular weight is 456 g/mol. The summed E-state index contributed by atoms with van der Waals surface area (Å²) in [5, 5.41) is 0. The maximum Gasteiger partial charge on any atom is 0.193 e. The lowest BCUT2D eigenvalue weighted by atomic mass is 9.75. The van der Waals surface area contributed by atoms with Crippen LogP contribution in [0.3, 0.4) is 0 Å². The molecule has 0 saturated heterocycles. The van der Waals surface area contributed by atoms with Crippen molar-refractivity contribution in [3.8, 4) is 0 Å². The summed E-state index contributed by atoms with van der Waals surface area (Å²) in [4.78, 5) is 15.4. The minimum absolute atomic E-state index is 0.127. The van der Waals surface area contributed by atoms with Crippen molar-refractivity contribution in [3.63, 3.8) is 0 Å². The molecule has 0 aromatic rings. The summed E-state index contributed by atoms with van der Waals surface area (Å²) in [6, 6.07) is 0. The molecule has 0 saturated carbocycles. The van der Waals surface area contributed by atoms with Crippen molar-refractivity contribution >= 4 is 11.5 Å². The van der Waals surface area contributed by atoms with Crippen LogP contribution in [0.2, 0.25) is 0 Å². The van der Waals surface area contributed by atoms with Crippen LogP contribution in [0.5, 0.6) is 0 Å². The van der Waals surface area contributed by atoms with Gasteiger partial charge in [-0.15, -0.1) is 0 Å². The number of allylic oxidation sites excluding steroid dienone is 15. The zero-order chi connectivity index (χ0) is 25.3. The molecule has 0 spiro atoms. The molecule has 178 valence electrons. The van der Waals surface area contributed by atoms with Gasteiger partial charge in [-0.25, -0.2) is 4.58 Å². The average Bonchev–Trinajstić information content (AvgIpc) is 3.12. The van der Waals surface area contributed by atoms with Crippen LogP contribution in [0, 0.1) is 10.8 Å². The number of nitrogens with zero attached hydrogens (tertiary/aromatic N) is 2. The van der Waals surface area contributed by atoms with E-state index in [4.69, 9.17) is 0 Å². The molecule has 0 bridgehead atoms. The van der Waals surface area contributed by atoms with Crippen molar-refractivity contribution in [1.82, 2.24) is 4.90 Å². The predicted molar refractivity (Wildman–Crippen MR) is 144 cm³/mol. The van der Waals surface area contributed by atoms with E-state index in [1.807, 2.05) is 38.2 Å². The van der Waals surface area contributed by atoms with Crippen LogP contribution in [-0.2, 0) is 4.79 Å². The van der Waals surface area contributed by atoms with E-state index in [1.165, 1.54) is 11.1 Å². The molecule has 34 heavy (non-hydrogen) atoms. The molecule has 2 heterocycles. The summed E-state index contributed by atoms with van der Waals surface area (Å²) >= 11 is 0. The zero-order valence-electron chi connectivity index (χ0n) is 22.2. The van der Waals surface area contributed by atoms with Crippen molar-refractivity contribution < 1.29 is 9.37 Å². The van der Waals surface area contributed by atoms with E-state index < -0.39 is 0 Å². The van der Waals surface area contributed by atoms with Gasteiger partial charge in [-0.2, -0.15) is 0 Å². The maximum absolute atomic E-state index is 13.3. The summed E-state index contributed by atoms with van der Waals surface area (Å²) in [5.74, 6) is 0.127. The molecule has 0 unspecified atom stereocenters. The van der Waals surface area contributed by atoms with E-state index in [0.29, 0.717) is 0 Å². The topological polar surface area (TPSA) is 23.3 Å². The second kappa shape index (κ2) is 9.58.